The summed E-state index contributed by atoms with van der Waals surface area (Å²) in [4.78, 5) is 27.1. The van der Waals surface area contributed by atoms with E-state index in [0.717, 1.165) is 22.9 Å². The van der Waals surface area contributed by atoms with Crippen molar-refractivity contribution < 1.29 is 18.0 Å². The molecule has 2 rings (SSSR count). The lowest BCUT2D eigenvalue weighted by Gasteiger charge is -2.32. The van der Waals surface area contributed by atoms with Crippen LogP contribution in [0.4, 0.5) is 0 Å². The van der Waals surface area contributed by atoms with Gasteiger partial charge < -0.3 is 4.90 Å². The van der Waals surface area contributed by atoms with E-state index in [0.29, 0.717) is 25.9 Å². The first-order valence-corrected chi connectivity index (χ1v) is 11.6. The zero-order valence-corrected chi connectivity index (χ0v) is 18.1. The van der Waals surface area contributed by atoms with Crippen LogP contribution in [0.25, 0.3) is 0 Å². The molecule has 1 fully saturated rings. The number of Topliss-reactive ketones (excluding diaryl/α,β-unsaturated/α-hetero) is 1. The molecular formula is C21H31NO4S. The van der Waals surface area contributed by atoms with Crippen LogP contribution < -0.4 is 0 Å². The molecule has 1 aliphatic heterocycles. The summed E-state index contributed by atoms with van der Waals surface area (Å²) in [6.45, 7) is 11.3. The second-order valence-corrected chi connectivity index (χ2v) is 10.2. The molecule has 0 N–H and O–H groups in total. The van der Waals surface area contributed by atoms with Gasteiger partial charge in [-0.15, -0.1) is 0 Å². The molecule has 1 heterocycles. The lowest BCUT2D eigenvalue weighted by atomic mass is 9.81. The van der Waals surface area contributed by atoms with Crippen molar-refractivity contribution in [2.75, 3.05) is 25.1 Å². The second-order valence-electron chi connectivity index (χ2n) is 7.90. The van der Waals surface area contributed by atoms with Crippen molar-refractivity contribution in [2.45, 2.75) is 53.9 Å². The van der Waals surface area contributed by atoms with Crippen LogP contribution in [0.5, 0.6) is 0 Å². The highest BCUT2D eigenvalue weighted by Crippen LogP contribution is 2.30. The Labute approximate surface area is 163 Å². The number of piperidine rings is 1. The summed E-state index contributed by atoms with van der Waals surface area (Å²) < 4.78 is 22.5. The van der Waals surface area contributed by atoms with Gasteiger partial charge in [-0.2, -0.15) is 0 Å². The minimum atomic E-state index is -3.14. The molecule has 0 radical (unpaired) electrons. The molecule has 0 saturated carbocycles. The van der Waals surface area contributed by atoms with E-state index in [4.69, 9.17) is 0 Å². The molecule has 6 heteroatoms. The molecule has 27 heavy (non-hydrogen) atoms. The molecule has 1 saturated heterocycles. The Bertz CT molecular complexity index is 834. The van der Waals surface area contributed by atoms with Crippen LogP contribution in [0.1, 0.15) is 57.4 Å². The normalized spacial score (nSPS) is 15.9. The molecule has 0 aliphatic carbocycles. The zero-order chi connectivity index (χ0) is 20.5. The molecule has 0 bridgehead atoms. The summed E-state index contributed by atoms with van der Waals surface area (Å²) in [6, 6.07) is 0. The summed E-state index contributed by atoms with van der Waals surface area (Å²) in [7, 11) is -3.14. The van der Waals surface area contributed by atoms with Gasteiger partial charge in [-0.1, -0.05) is 0 Å². The van der Waals surface area contributed by atoms with Crippen molar-refractivity contribution >= 4 is 21.5 Å². The van der Waals surface area contributed by atoms with E-state index in [-0.39, 0.29) is 29.8 Å². The molecule has 5 nitrogen and oxygen atoms in total. The minimum Gasteiger partial charge on any atom is -0.343 e. The van der Waals surface area contributed by atoms with Crippen LogP contribution in [-0.4, -0.2) is 50.1 Å². The number of nitrogens with zero attached hydrogens (tertiary/aromatic N) is 1. The van der Waals surface area contributed by atoms with Crippen molar-refractivity contribution in [1.82, 2.24) is 4.90 Å². The number of hydrogen-bond acceptors (Lipinski definition) is 4. The maximum Gasteiger partial charge on any atom is 0.223 e. The summed E-state index contributed by atoms with van der Waals surface area (Å²) in [5.41, 5.74) is 6.56. The number of hydrogen-bond donors (Lipinski definition) is 0. The van der Waals surface area contributed by atoms with E-state index in [9.17, 15) is 18.0 Å². The zero-order valence-electron chi connectivity index (χ0n) is 17.3. The number of carbonyl (C=O) groups excluding carboxylic acids is 2. The molecule has 150 valence electrons. The maximum absolute atomic E-state index is 13.2. The SMILES string of the molecule is Cc1c(C)c(C)c(C(=O)C2CCN(C(=O)CCS(C)(=O)=O)CC2)c(C)c1C. The Morgan fingerprint density at radius 3 is 1.78 bits per heavy atom. The molecule has 1 aromatic rings. The topological polar surface area (TPSA) is 71.5 Å². The van der Waals surface area contributed by atoms with E-state index in [1.165, 1.54) is 16.7 Å². The highest BCUT2D eigenvalue weighted by Gasteiger charge is 2.30. The van der Waals surface area contributed by atoms with Gasteiger partial charge in [0.15, 0.2) is 5.78 Å². The molecule has 0 spiro atoms. The monoisotopic (exact) mass is 393 g/mol. The average Bonchev–Trinajstić information content (AvgIpc) is 2.62. The first kappa shape index (κ1) is 21.6. The average molecular weight is 394 g/mol. The summed E-state index contributed by atoms with van der Waals surface area (Å²) in [5.74, 6) is -0.159. The van der Waals surface area contributed by atoms with Crippen LogP contribution in [0.2, 0.25) is 0 Å². The smallest absolute Gasteiger partial charge is 0.223 e. The van der Waals surface area contributed by atoms with Crippen molar-refractivity contribution in [3.63, 3.8) is 0 Å². The fourth-order valence-corrected chi connectivity index (χ4v) is 4.44. The van der Waals surface area contributed by atoms with E-state index in [1.807, 2.05) is 13.8 Å². The molecule has 1 amide bonds. The maximum atomic E-state index is 13.2. The van der Waals surface area contributed by atoms with Gasteiger partial charge in [0.25, 0.3) is 0 Å². The van der Waals surface area contributed by atoms with Crippen LogP contribution in [-0.2, 0) is 14.6 Å². The van der Waals surface area contributed by atoms with E-state index >= 15 is 0 Å². The Morgan fingerprint density at radius 1 is 0.889 bits per heavy atom. The fraction of sp³-hybridized carbons (Fsp3) is 0.619. The van der Waals surface area contributed by atoms with Gasteiger partial charge in [-0.05, 0) is 75.3 Å². The minimum absolute atomic E-state index is 0.0199. The van der Waals surface area contributed by atoms with Gasteiger partial charge in [0.1, 0.15) is 9.84 Å². The van der Waals surface area contributed by atoms with Crippen molar-refractivity contribution in [1.29, 1.82) is 0 Å². The fourth-order valence-electron chi connectivity index (χ4n) is 3.90. The van der Waals surface area contributed by atoms with Gasteiger partial charge in [-0.25, -0.2) is 8.42 Å². The number of ketones is 1. The molecule has 0 aromatic heterocycles. The van der Waals surface area contributed by atoms with Crippen molar-refractivity contribution in [3.8, 4) is 0 Å². The molecular weight excluding hydrogens is 362 g/mol. The van der Waals surface area contributed by atoms with Crippen molar-refractivity contribution in [2.24, 2.45) is 5.92 Å². The molecule has 1 aromatic carbocycles. The third kappa shape index (κ3) is 4.78. The molecule has 0 atom stereocenters. The predicted octanol–water partition coefficient (Wildman–Crippen LogP) is 3.08. The second kappa shape index (κ2) is 8.13. The number of benzene rings is 1. The summed E-state index contributed by atoms with van der Waals surface area (Å²) in [6.07, 6.45) is 2.43. The third-order valence-corrected chi connectivity index (χ3v) is 7.10. The van der Waals surface area contributed by atoms with Crippen LogP contribution in [0.3, 0.4) is 0 Å². The first-order chi connectivity index (χ1) is 12.4. The Morgan fingerprint density at radius 2 is 1.33 bits per heavy atom. The van der Waals surface area contributed by atoms with E-state index in [2.05, 4.69) is 20.8 Å². The lowest BCUT2D eigenvalue weighted by molar-refractivity contribution is -0.132. The van der Waals surface area contributed by atoms with Crippen LogP contribution in [0, 0.1) is 40.5 Å². The lowest BCUT2D eigenvalue weighted by Crippen LogP contribution is -2.41. The molecule has 0 unspecified atom stereocenters. The number of carbonyl (C=O) groups is 2. The van der Waals surface area contributed by atoms with Gasteiger partial charge >= 0.3 is 0 Å². The van der Waals surface area contributed by atoms with Gasteiger partial charge in [-0.3, -0.25) is 9.59 Å². The number of likely N-dealkylation sites (tertiary alicyclic amines) is 1. The number of sulfone groups is 1. The third-order valence-electron chi connectivity index (χ3n) is 6.15. The highest BCUT2D eigenvalue weighted by atomic mass is 32.2. The quantitative estimate of drug-likeness (QED) is 0.721. The number of amides is 1. The highest BCUT2D eigenvalue weighted by molar-refractivity contribution is 7.90. The summed E-state index contributed by atoms with van der Waals surface area (Å²) >= 11 is 0. The Balaban J connectivity index is 2.09. The number of rotatable bonds is 5. The van der Waals surface area contributed by atoms with Crippen molar-refractivity contribution in [3.05, 3.63) is 33.4 Å². The molecule has 1 aliphatic rings. The van der Waals surface area contributed by atoms with Gasteiger partial charge in [0.05, 0.1) is 5.75 Å². The van der Waals surface area contributed by atoms with Crippen LogP contribution in [0.15, 0.2) is 0 Å². The largest absolute Gasteiger partial charge is 0.343 e. The predicted molar refractivity (Wildman–Crippen MR) is 108 cm³/mol. The van der Waals surface area contributed by atoms with Crippen LogP contribution >= 0.6 is 0 Å². The van der Waals surface area contributed by atoms with E-state index in [1.54, 1.807) is 4.90 Å². The summed E-state index contributed by atoms with van der Waals surface area (Å²) in [5, 5.41) is 0. The van der Waals surface area contributed by atoms with E-state index < -0.39 is 9.84 Å². The Hall–Kier alpha value is -1.69. The van der Waals surface area contributed by atoms with Gasteiger partial charge in [0.2, 0.25) is 5.91 Å². The first-order valence-electron chi connectivity index (χ1n) is 9.50. The Kier molecular flexibility index (Phi) is 6.51. The van der Waals surface area contributed by atoms with Gasteiger partial charge in [0, 0.05) is 37.2 Å². The standard InChI is InChI=1S/C21H31NO4S/c1-13-14(2)16(4)20(17(5)15(13)3)21(24)18-7-10-22(11-8-18)19(23)9-12-27(6,25)26/h18H,7-12H2,1-6H3.